The Morgan fingerprint density at radius 1 is 0.329 bits per heavy atom. The predicted octanol–water partition coefficient (Wildman–Crippen LogP) is 13.4. The lowest BCUT2D eigenvalue weighted by Crippen LogP contribution is -2.49. The van der Waals surface area contributed by atoms with Gasteiger partial charge in [-0.3, -0.25) is 0 Å². The molecule has 73 heavy (non-hydrogen) atoms. The molecule has 0 amide bonds. The molecule has 8 nitrogen and oxygen atoms in total. The van der Waals surface area contributed by atoms with Crippen LogP contribution in [0, 0.1) is 0 Å². The Morgan fingerprint density at radius 3 is 0.890 bits per heavy atom. The van der Waals surface area contributed by atoms with E-state index in [1.54, 1.807) is 28.2 Å². The van der Waals surface area contributed by atoms with E-state index in [0.29, 0.717) is 23.0 Å². The van der Waals surface area contributed by atoms with Gasteiger partial charge in [0.25, 0.3) is 0 Å². The van der Waals surface area contributed by atoms with Crippen molar-refractivity contribution in [1.82, 2.24) is 0 Å². The summed E-state index contributed by atoms with van der Waals surface area (Å²) in [5, 5.41) is 0. The van der Waals surface area contributed by atoms with Crippen LogP contribution < -0.4 is 18.9 Å². The highest BCUT2D eigenvalue weighted by Gasteiger charge is 2.34. The third kappa shape index (κ3) is 13.3. The summed E-state index contributed by atoms with van der Waals surface area (Å²) < 4.78 is 27.5. The van der Waals surface area contributed by atoms with Gasteiger partial charge in [0.15, 0.2) is 12.2 Å². The molecular formula is C65H56N4O4. The zero-order chi connectivity index (χ0) is 50.6. The van der Waals surface area contributed by atoms with Crippen molar-refractivity contribution in [2.24, 2.45) is 20.0 Å². The van der Waals surface area contributed by atoms with Crippen molar-refractivity contribution in [1.29, 1.82) is 0 Å². The molecule has 0 aliphatic heterocycles. The molecule has 0 saturated carbocycles. The fraction of sp³-hybridized carbons (Fsp3) is 0.138. The molecule has 360 valence electrons. The molecule has 0 fully saturated rings. The monoisotopic (exact) mass is 956 g/mol. The molecule has 0 N–H and O–H groups in total. The van der Waals surface area contributed by atoms with Crippen LogP contribution >= 0.6 is 0 Å². The minimum absolute atomic E-state index is 0.0986. The second-order valence-electron chi connectivity index (χ2n) is 16.8. The molecule has 0 bridgehead atoms. The first-order chi connectivity index (χ1) is 35.9. The molecule has 8 heteroatoms. The van der Waals surface area contributed by atoms with E-state index in [4.69, 9.17) is 18.9 Å². The van der Waals surface area contributed by atoms with Crippen LogP contribution in [0.3, 0.4) is 0 Å². The minimum Gasteiger partial charge on any atom is -0.490 e. The third-order valence-electron chi connectivity index (χ3n) is 11.8. The van der Waals surface area contributed by atoms with Crippen molar-refractivity contribution in [3.63, 3.8) is 0 Å². The van der Waals surface area contributed by atoms with E-state index in [1.807, 2.05) is 225 Å². The lowest BCUT2D eigenvalue weighted by molar-refractivity contribution is -0.0321. The standard InChI is InChI=1S/C65H56N4O4/c1-47(71-57-36-28-53(29-37-57)61(43-67-3)49-20-12-7-13-21-49)65(73-59-40-32-55(33-41-59)63(45-69-5)51-24-16-9-17-25-51)64(72-58-38-30-54(31-39-58)62(44-68-4)50-22-14-8-15-23-50)46-70-56-34-26-52(27-35-56)60(42-66-2)48-18-10-6-11-19-48/h6-41,47,64-65H,46H2,1-5H3. The van der Waals surface area contributed by atoms with Crippen molar-refractivity contribution in [2.75, 3.05) is 34.8 Å². The molecule has 8 aromatic rings. The quantitative estimate of drug-likeness (QED) is 0.0756. The first-order valence-electron chi connectivity index (χ1n) is 24.1. The molecule has 0 aliphatic rings. The van der Waals surface area contributed by atoms with Crippen LogP contribution in [0.15, 0.2) is 238 Å². The van der Waals surface area contributed by atoms with Gasteiger partial charge in [-0.1, -0.05) is 121 Å². The van der Waals surface area contributed by atoms with Crippen molar-refractivity contribution in [3.05, 3.63) is 263 Å². The fourth-order valence-corrected chi connectivity index (χ4v) is 8.33. The van der Waals surface area contributed by atoms with E-state index in [9.17, 15) is 0 Å². The van der Waals surface area contributed by atoms with Crippen LogP contribution in [-0.2, 0) is 0 Å². The summed E-state index contributed by atoms with van der Waals surface area (Å²) in [5.74, 6) is 15.3. The Bertz CT molecular complexity index is 3310. The molecule has 3 atom stereocenters. The van der Waals surface area contributed by atoms with E-state index >= 15 is 0 Å². The van der Waals surface area contributed by atoms with Gasteiger partial charge in [-0.05, 0) is 172 Å². The van der Waals surface area contributed by atoms with Gasteiger partial charge in [0, 0.05) is 28.2 Å². The normalized spacial score (nSPS) is 11.6. The minimum atomic E-state index is -0.724. The van der Waals surface area contributed by atoms with Gasteiger partial charge < -0.3 is 18.9 Å². The lowest BCUT2D eigenvalue weighted by atomic mass is 9.99. The topological polar surface area (TPSA) is 86.4 Å². The summed E-state index contributed by atoms with van der Waals surface area (Å²) in [4.78, 5) is 17.0. The lowest BCUT2D eigenvalue weighted by Gasteiger charge is -2.33. The van der Waals surface area contributed by atoms with Gasteiger partial charge in [0.05, 0.1) is 22.3 Å². The number of hydrogen-bond acceptors (Lipinski definition) is 8. The average molecular weight is 957 g/mol. The van der Waals surface area contributed by atoms with Crippen LogP contribution in [0.25, 0.3) is 22.3 Å². The Morgan fingerprint density at radius 2 is 0.589 bits per heavy atom. The van der Waals surface area contributed by atoms with Gasteiger partial charge >= 0.3 is 0 Å². The van der Waals surface area contributed by atoms with Gasteiger partial charge in [0.1, 0.15) is 35.7 Å². The highest BCUT2D eigenvalue weighted by atomic mass is 16.6. The maximum Gasteiger partial charge on any atom is 0.175 e. The molecule has 0 saturated heterocycles. The Hall–Kier alpha value is -9.24. The second kappa shape index (κ2) is 25.6. The van der Waals surface area contributed by atoms with Crippen LogP contribution in [0.5, 0.6) is 23.0 Å². The zero-order valence-electron chi connectivity index (χ0n) is 41.6. The van der Waals surface area contributed by atoms with E-state index in [2.05, 4.69) is 43.4 Å². The number of rotatable bonds is 19. The van der Waals surface area contributed by atoms with Crippen molar-refractivity contribution < 1.29 is 18.9 Å². The number of hydrogen-bond donors (Lipinski definition) is 0. The summed E-state index contributed by atoms with van der Waals surface area (Å²) in [5.41, 5.74) is 11.3. The van der Waals surface area contributed by atoms with Crippen LogP contribution in [0.1, 0.15) is 51.4 Å². The van der Waals surface area contributed by atoms with Gasteiger partial charge in [0.2, 0.25) is 0 Å². The number of ether oxygens (including phenoxy) is 4. The summed E-state index contributed by atoms with van der Waals surface area (Å²) in [6, 6.07) is 72.1. The van der Waals surface area contributed by atoms with E-state index in [1.165, 1.54) is 0 Å². The van der Waals surface area contributed by atoms with Crippen LogP contribution in [0.2, 0.25) is 0 Å². The van der Waals surface area contributed by atoms with E-state index in [0.717, 1.165) is 66.8 Å². The summed E-state index contributed by atoms with van der Waals surface area (Å²) in [6.45, 7) is 2.09. The molecular weight excluding hydrogens is 901 g/mol. The molecule has 0 aromatic heterocycles. The highest BCUT2D eigenvalue weighted by molar-refractivity contribution is 6.01. The molecule has 0 radical (unpaired) electrons. The predicted molar refractivity (Wildman–Crippen MR) is 299 cm³/mol. The van der Waals surface area contributed by atoms with Crippen molar-refractivity contribution in [2.45, 2.75) is 25.2 Å². The first-order valence-corrected chi connectivity index (χ1v) is 24.1. The summed E-state index contributed by atoms with van der Waals surface area (Å²) in [6.07, 6.45) is -2.01. The van der Waals surface area contributed by atoms with Gasteiger partial charge in [-0.25, -0.2) is 20.0 Å². The van der Waals surface area contributed by atoms with E-state index in [-0.39, 0.29) is 6.61 Å². The Labute approximate surface area is 428 Å². The fourth-order valence-electron chi connectivity index (χ4n) is 8.33. The SMILES string of the molecule is CN=C=C(c1ccccc1)c1ccc(OCC(Oc2ccc(C(=C=NC)c3ccccc3)cc2)C(Oc2ccc(C(=C=NC)c3ccccc3)cc2)C(C)Oc2ccc(C(=C=NC)c3ccccc3)cc2)cc1. The highest BCUT2D eigenvalue weighted by Crippen LogP contribution is 2.31. The molecule has 8 aromatic carbocycles. The van der Waals surface area contributed by atoms with Gasteiger partial charge in [-0.2, -0.15) is 0 Å². The van der Waals surface area contributed by atoms with Gasteiger partial charge in [-0.15, -0.1) is 0 Å². The smallest absolute Gasteiger partial charge is 0.175 e. The van der Waals surface area contributed by atoms with Crippen molar-refractivity contribution in [3.8, 4) is 23.0 Å². The zero-order valence-corrected chi connectivity index (χ0v) is 41.6. The Kier molecular flexibility index (Phi) is 17.6. The summed E-state index contributed by atoms with van der Waals surface area (Å²) in [7, 11) is 6.89. The molecule has 0 spiro atoms. The maximum atomic E-state index is 7.04. The van der Waals surface area contributed by atoms with Crippen molar-refractivity contribution >= 4 is 45.8 Å². The maximum absolute atomic E-state index is 7.04. The first kappa shape index (κ1) is 50.2. The largest absolute Gasteiger partial charge is 0.490 e. The summed E-state index contributed by atoms with van der Waals surface area (Å²) >= 11 is 0. The molecule has 8 rings (SSSR count). The second-order valence-corrected chi connectivity index (χ2v) is 16.8. The average Bonchev–Trinajstić information content (AvgIpc) is 3.45. The molecule has 0 aliphatic carbocycles. The molecule has 0 heterocycles. The third-order valence-corrected chi connectivity index (χ3v) is 11.8. The van der Waals surface area contributed by atoms with Crippen LogP contribution in [-0.4, -0.2) is 76.6 Å². The molecule has 3 unspecified atom stereocenters. The number of aliphatic imine (C=N–C) groups is 4. The van der Waals surface area contributed by atoms with Crippen LogP contribution in [0.4, 0.5) is 0 Å². The number of nitrogens with zero attached hydrogens (tertiary/aromatic N) is 4. The Balaban J connectivity index is 1.15. The number of benzene rings is 8. The van der Waals surface area contributed by atoms with E-state index < -0.39 is 18.3 Å².